The number of rotatable bonds is 8. The Balaban J connectivity index is 3.39. The van der Waals surface area contributed by atoms with Crippen molar-refractivity contribution in [2.24, 2.45) is 0 Å². The normalized spacial score (nSPS) is 9.86. The van der Waals surface area contributed by atoms with E-state index < -0.39 is 0 Å². The quantitative estimate of drug-likeness (QED) is 0.379. The molecule has 0 spiro atoms. The van der Waals surface area contributed by atoms with Gasteiger partial charge in [-0.15, -0.1) is 0 Å². The average Bonchev–Trinajstić information content (AvgIpc) is 2.17. The summed E-state index contributed by atoms with van der Waals surface area (Å²) in [5.74, 6) is 0.837. The van der Waals surface area contributed by atoms with Crippen molar-refractivity contribution in [1.29, 1.82) is 0 Å². The first-order valence-electron chi connectivity index (χ1n) is 4.77. The summed E-state index contributed by atoms with van der Waals surface area (Å²) in [6, 6.07) is 0. The van der Waals surface area contributed by atoms with Gasteiger partial charge >= 0.3 is 5.97 Å². The van der Waals surface area contributed by atoms with E-state index in [1.54, 1.807) is 6.92 Å². The van der Waals surface area contributed by atoms with Gasteiger partial charge in [-0.2, -0.15) is 11.8 Å². The van der Waals surface area contributed by atoms with Crippen molar-refractivity contribution in [1.82, 2.24) is 5.32 Å². The molecule has 4 heteroatoms. The van der Waals surface area contributed by atoms with Crippen LogP contribution in [0.2, 0.25) is 0 Å². The summed E-state index contributed by atoms with van der Waals surface area (Å²) in [5, 5.41) is 3.15. The Morgan fingerprint density at radius 1 is 1.57 bits per heavy atom. The molecule has 0 aliphatic heterocycles. The number of hydrogen-bond donors (Lipinski definition) is 1. The van der Waals surface area contributed by atoms with Crippen molar-refractivity contribution in [3.63, 3.8) is 0 Å². The molecule has 0 bridgehead atoms. The van der Waals surface area contributed by atoms with Crippen LogP contribution < -0.4 is 5.32 Å². The number of hydrogen-bond acceptors (Lipinski definition) is 4. The van der Waals surface area contributed by atoms with Gasteiger partial charge < -0.3 is 10.1 Å². The van der Waals surface area contributed by atoms with Crippen LogP contribution in [0.5, 0.6) is 0 Å². The van der Waals surface area contributed by atoms with Crippen LogP contribution in [0, 0.1) is 0 Å². The highest BCUT2D eigenvalue weighted by atomic mass is 32.2. The van der Waals surface area contributed by atoms with E-state index in [2.05, 4.69) is 18.2 Å². The van der Waals surface area contributed by atoms with Gasteiger partial charge in [-0.1, -0.05) is 6.58 Å². The fraction of sp³-hybridized carbons (Fsp3) is 0.700. The van der Waals surface area contributed by atoms with Crippen LogP contribution in [0.25, 0.3) is 0 Å². The third kappa shape index (κ3) is 6.97. The van der Waals surface area contributed by atoms with Crippen LogP contribution in [-0.4, -0.2) is 37.7 Å². The number of nitrogens with one attached hydrogen (secondary N) is 1. The van der Waals surface area contributed by atoms with E-state index in [0.717, 1.165) is 18.7 Å². The molecule has 0 aromatic carbocycles. The number of carbonyl (C=O) groups excluding carboxylic acids is 1. The molecule has 0 saturated carbocycles. The Morgan fingerprint density at radius 2 is 2.29 bits per heavy atom. The molecule has 0 saturated heterocycles. The molecule has 82 valence electrons. The number of thioether (sulfide) groups is 1. The van der Waals surface area contributed by atoms with E-state index in [1.165, 1.54) is 0 Å². The number of carbonyl (C=O) groups is 1. The van der Waals surface area contributed by atoms with Gasteiger partial charge in [0.2, 0.25) is 0 Å². The Kier molecular flexibility index (Phi) is 8.78. The zero-order chi connectivity index (χ0) is 10.8. The predicted molar refractivity (Wildman–Crippen MR) is 61.6 cm³/mol. The van der Waals surface area contributed by atoms with E-state index in [9.17, 15) is 4.79 Å². The van der Waals surface area contributed by atoms with Gasteiger partial charge in [-0.25, -0.2) is 4.79 Å². The van der Waals surface area contributed by atoms with Crippen molar-refractivity contribution in [2.45, 2.75) is 13.3 Å². The van der Waals surface area contributed by atoms with Crippen LogP contribution >= 0.6 is 11.8 Å². The van der Waals surface area contributed by atoms with Crippen LogP contribution in [0.1, 0.15) is 13.3 Å². The molecule has 0 heterocycles. The summed E-state index contributed by atoms with van der Waals surface area (Å²) >= 11 is 1.82. The second kappa shape index (κ2) is 9.09. The molecular weight excluding hydrogens is 198 g/mol. The molecule has 0 rings (SSSR count). The molecule has 0 aliphatic rings. The summed E-state index contributed by atoms with van der Waals surface area (Å²) in [7, 11) is 0. The van der Waals surface area contributed by atoms with E-state index in [4.69, 9.17) is 4.74 Å². The van der Waals surface area contributed by atoms with Crippen molar-refractivity contribution in [2.75, 3.05) is 31.7 Å². The van der Waals surface area contributed by atoms with Gasteiger partial charge in [0.05, 0.1) is 6.61 Å². The SMILES string of the molecule is C=C(CNCCCSC)C(=O)OCC. The maximum atomic E-state index is 11.1. The summed E-state index contributed by atoms with van der Waals surface area (Å²) in [4.78, 5) is 11.1. The van der Waals surface area contributed by atoms with Crippen molar-refractivity contribution >= 4 is 17.7 Å². The van der Waals surface area contributed by atoms with Gasteiger partial charge in [0.15, 0.2) is 0 Å². The zero-order valence-electron chi connectivity index (χ0n) is 8.97. The Labute approximate surface area is 90.3 Å². The maximum absolute atomic E-state index is 11.1. The van der Waals surface area contributed by atoms with Crippen LogP contribution in [0.4, 0.5) is 0 Å². The van der Waals surface area contributed by atoms with Gasteiger partial charge in [-0.05, 0) is 31.9 Å². The topological polar surface area (TPSA) is 38.3 Å². The van der Waals surface area contributed by atoms with Crippen molar-refractivity contribution in [3.05, 3.63) is 12.2 Å². The van der Waals surface area contributed by atoms with E-state index in [1.807, 2.05) is 11.8 Å². The van der Waals surface area contributed by atoms with Crippen molar-refractivity contribution < 1.29 is 9.53 Å². The number of ether oxygens (including phenoxy) is 1. The highest BCUT2D eigenvalue weighted by Gasteiger charge is 2.05. The molecule has 0 atom stereocenters. The minimum atomic E-state index is -0.301. The maximum Gasteiger partial charge on any atom is 0.334 e. The van der Waals surface area contributed by atoms with Gasteiger partial charge in [-0.3, -0.25) is 0 Å². The summed E-state index contributed by atoms with van der Waals surface area (Å²) in [5.41, 5.74) is 0.496. The molecule has 0 fully saturated rings. The average molecular weight is 217 g/mol. The monoisotopic (exact) mass is 217 g/mol. The number of esters is 1. The third-order valence-corrected chi connectivity index (χ3v) is 2.30. The summed E-state index contributed by atoms with van der Waals surface area (Å²) in [6.45, 7) is 7.28. The molecule has 3 nitrogen and oxygen atoms in total. The van der Waals surface area contributed by atoms with Gasteiger partial charge in [0, 0.05) is 12.1 Å². The predicted octanol–water partition coefficient (Wildman–Crippen LogP) is 1.45. The standard InChI is InChI=1S/C10H19NO2S/c1-4-13-10(12)9(2)8-11-6-5-7-14-3/h11H,2,4-8H2,1,3H3. The smallest absolute Gasteiger partial charge is 0.334 e. The highest BCUT2D eigenvalue weighted by Crippen LogP contribution is 1.95. The Morgan fingerprint density at radius 3 is 2.86 bits per heavy atom. The van der Waals surface area contributed by atoms with Crippen LogP contribution in [0.15, 0.2) is 12.2 Å². The first-order valence-corrected chi connectivity index (χ1v) is 6.16. The summed E-state index contributed by atoms with van der Waals surface area (Å²) in [6.07, 6.45) is 3.19. The van der Waals surface area contributed by atoms with Crippen LogP contribution in [0.3, 0.4) is 0 Å². The Bertz CT molecular complexity index is 183. The Hall–Kier alpha value is -0.480. The minimum absolute atomic E-state index is 0.301. The molecule has 1 N–H and O–H groups in total. The fourth-order valence-corrected chi connectivity index (χ4v) is 1.32. The van der Waals surface area contributed by atoms with Crippen molar-refractivity contribution in [3.8, 4) is 0 Å². The minimum Gasteiger partial charge on any atom is -0.463 e. The molecular formula is C10H19NO2S. The first kappa shape index (κ1) is 13.5. The third-order valence-electron chi connectivity index (χ3n) is 1.60. The molecule has 0 aromatic heterocycles. The molecule has 14 heavy (non-hydrogen) atoms. The van der Waals surface area contributed by atoms with E-state index >= 15 is 0 Å². The lowest BCUT2D eigenvalue weighted by Crippen LogP contribution is -2.23. The van der Waals surface area contributed by atoms with Crippen LogP contribution in [-0.2, 0) is 9.53 Å². The van der Waals surface area contributed by atoms with Gasteiger partial charge in [0.1, 0.15) is 0 Å². The largest absolute Gasteiger partial charge is 0.463 e. The second-order valence-corrected chi connectivity index (χ2v) is 3.83. The molecule has 0 radical (unpaired) electrons. The lowest BCUT2D eigenvalue weighted by atomic mass is 10.3. The highest BCUT2D eigenvalue weighted by molar-refractivity contribution is 7.98. The zero-order valence-corrected chi connectivity index (χ0v) is 9.78. The first-order chi connectivity index (χ1) is 6.72. The molecule has 0 aliphatic carbocycles. The van der Waals surface area contributed by atoms with E-state index in [0.29, 0.717) is 18.7 Å². The molecule has 0 amide bonds. The molecule has 0 unspecified atom stereocenters. The molecule has 0 aromatic rings. The lowest BCUT2D eigenvalue weighted by molar-refractivity contribution is -0.138. The van der Waals surface area contributed by atoms with Gasteiger partial charge in [0.25, 0.3) is 0 Å². The van der Waals surface area contributed by atoms with E-state index in [-0.39, 0.29) is 5.97 Å². The fourth-order valence-electron chi connectivity index (χ4n) is 0.886. The lowest BCUT2D eigenvalue weighted by Gasteiger charge is -2.06. The summed E-state index contributed by atoms with van der Waals surface area (Å²) < 4.78 is 4.80. The second-order valence-electron chi connectivity index (χ2n) is 2.85.